The number of carbonyl (C=O) groups is 1. The lowest BCUT2D eigenvalue weighted by molar-refractivity contribution is 0.0214. The molecule has 2 bridgehead atoms. The van der Waals surface area contributed by atoms with E-state index < -0.39 is 17.2 Å². The van der Waals surface area contributed by atoms with Gasteiger partial charge in [-0.2, -0.15) is 0 Å². The predicted molar refractivity (Wildman–Crippen MR) is 138 cm³/mol. The van der Waals surface area contributed by atoms with Gasteiger partial charge in [-0.25, -0.2) is 28.5 Å². The zero-order chi connectivity index (χ0) is 26.6. The molecule has 2 atom stereocenters. The smallest absolute Gasteiger partial charge is 0.410 e. The molecule has 3 aliphatic rings. The summed E-state index contributed by atoms with van der Waals surface area (Å²) >= 11 is 0. The molecule has 2 aliphatic heterocycles. The van der Waals surface area contributed by atoms with Gasteiger partial charge in [0, 0.05) is 25.2 Å². The molecule has 0 radical (unpaired) electrons. The van der Waals surface area contributed by atoms with E-state index in [1.54, 1.807) is 4.90 Å². The van der Waals surface area contributed by atoms with Crippen LogP contribution in [0.15, 0.2) is 30.6 Å². The van der Waals surface area contributed by atoms with Crippen LogP contribution in [0.2, 0.25) is 0 Å². The number of halogens is 2. The second kappa shape index (κ2) is 9.21. The van der Waals surface area contributed by atoms with E-state index in [2.05, 4.69) is 20.2 Å². The number of nitrogens with zero attached hydrogens (tertiary/aromatic N) is 5. The lowest BCUT2D eigenvalue weighted by Crippen LogP contribution is -2.50. The zero-order valence-electron chi connectivity index (χ0n) is 21.6. The molecule has 11 heteroatoms. The number of carbonyl (C=O) groups excluding carboxylic acids is 1. The highest BCUT2D eigenvalue weighted by Crippen LogP contribution is 2.36. The number of rotatable bonds is 6. The number of fused-ring (bicyclic) bond motifs is 3. The Morgan fingerprint density at radius 2 is 1.92 bits per heavy atom. The molecule has 200 valence electrons. The molecule has 2 aromatic heterocycles. The van der Waals surface area contributed by atoms with Crippen molar-refractivity contribution in [1.82, 2.24) is 19.9 Å². The van der Waals surface area contributed by atoms with E-state index in [-0.39, 0.29) is 35.4 Å². The minimum atomic E-state index is -0.654. The van der Waals surface area contributed by atoms with Gasteiger partial charge in [-0.3, -0.25) is 0 Å². The molecular weight excluding hydrogens is 494 g/mol. The Labute approximate surface area is 219 Å². The maximum Gasteiger partial charge on any atom is 0.410 e. The molecule has 2 saturated heterocycles. The molecule has 1 aromatic carbocycles. The fourth-order valence-electron chi connectivity index (χ4n) is 5.03. The largest absolute Gasteiger partial charge is 0.490 e. The summed E-state index contributed by atoms with van der Waals surface area (Å²) in [4.78, 5) is 29.9. The number of hydrogen-bond donors (Lipinski definition) is 1. The van der Waals surface area contributed by atoms with Gasteiger partial charge in [0.25, 0.3) is 0 Å². The van der Waals surface area contributed by atoms with Gasteiger partial charge in [0.15, 0.2) is 23.2 Å². The van der Waals surface area contributed by atoms with Gasteiger partial charge in [-0.1, -0.05) is 0 Å². The first-order valence-corrected chi connectivity index (χ1v) is 12.9. The molecule has 1 amide bonds. The fraction of sp³-hybridized carbons (Fsp3) is 0.481. The Kier molecular flexibility index (Phi) is 5.96. The Morgan fingerprint density at radius 1 is 1.11 bits per heavy atom. The molecule has 0 unspecified atom stereocenters. The molecule has 3 fully saturated rings. The minimum Gasteiger partial charge on any atom is -0.490 e. The third-order valence-electron chi connectivity index (χ3n) is 7.08. The molecule has 1 saturated carbocycles. The quantitative estimate of drug-likeness (QED) is 0.480. The van der Waals surface area contributed by atoms with E-state index in [0.29, 0.717) is 42.5 Å². The van der Waals surface area contributed by atoms with Gasteiger partial charge < -0.3 is 24.6 Å². The lowest BCUT2D eigenvalue weighted by atomic mass is 10.2. The van der Waals surface area contributed by atoms with Crippen LogP contribution in [0.3, 0.4) is 0 Å². The summed E-state index contributed by atoms with van der Waals surface area (Å²) in [5.41, 5.74) is 0.387. The first kappa shape index (κ1) is 24.6. The summed E-state index contributed by atoms with van der Waals surface area (Å²) in [6, 6.07) is 5.97. The number of amides is 1. The Morgan fingerprint density at radius 3 is 2.63 bits per heavy atom. The summed E-state index contributed by atoms with van der Waals surface area (Å²) in [6.07, 6.45) is 3.99. The fourth-order valence-corrected chi connectivity index (χ4v) is 5.03. The van der Waals surface area contributed by atoms with Crippen LogP contribution < -0.4 is 15.0 Å². The van der Waals surface area contributed by atoms with Crippen molar-refractivity contribution in [2.24, 2.45) is 5.92 Å². The molecule has 1 aliphatic carbocycles. The SMILES string of the molecule is CC(C)(C)OC(=O)N1C[C@@H]2C[C@H]1CN2c1ccc2ncnc(Nc3cc(F)c(OCC4CC4)cc3F)c2n1. The molecule has 3 aromatic rings. The van der Waals surface area contributed by atoms with Crippen LogP contribution in [0.25, 0.3) is 11.0 Å². The van der Waals surface area contributed by atoms with Gasteiger partial charge in [-0.15, -0.1) is 0 Å². The highest BCUT2D eigenvalue weighted by Gasteiger charge is 2.47. The van der Waals surface area contributed by atoms with Gasteiger partial charge in [-0.05, 0) is 58.1 Å². The molecule has 38 heavy (non-hydrogen) atoms. The van der Waals surface area contributed by atoms with Crippen LogP contribution in [0, 0.1) is 17.6 Å². The van der Waals surface area contributed by atoms with Gasteiger partial charge in [0.05, 0.1) is 29.9 Å². The average molecular weight is 525 g/mol. The van der Waals surface area contributed by atoms with Gasteiger partial charge >= 0.3 is 6.09 Å². The summed E-state index contributed by atoms with van der Waals surface area (Å²) in [5.74, 6) is -0.00126. The number of likely N-dealkylation sites (tertiary alicyclic amines) is 1. The van der Waals surface area contributed by atoms with Crippen LogP contribution in [-0.2, 0) is 4.74 Å². The summed E-state index contributed by atoms with van der Waals surface area (Å²) in [6.45, 7) is 7.14. The maximum atomic E-state index is 14.9. The molecule has 6 rings (SSSR count). The Balaban J connectivity index is 1.21. The van der Waals surface area contributed by atoms with E-state index in [4.69, 9.17) is 14.5 Å². The summed E-state index contributed by atoms with van der Waals surface area (Å²) in [5, 5.41) is 2.88. The predicted octanol–water partition coefficient (Wildman–Crippen LogP) is 5.03. The molecular formula is C27H30F2N6O3. The Bertz CT molecular complexity index is 1390. The molecule has 0 spiro atoms. The number of ether oxygens (including phenoxy) is 2. The first-order chi connectivity index (χ1) is 18.1. The average Bonchev–Trinajstić information content (AvgIpc) is 3.47. The minimum absolute atomic E-state index is 0.0367. The number of hydrogen-bond acceptors (Lipinski definition) is 8. The van der Waals surface area contributed by atoms with E-state index in [1.165, 1.54) is 6.33 Å². The van der Waals surface area contributed by atoms with Crippen LogP contribution >= 0.6 is 0 Å². The van der Waals surface area contributed by atoms with Crippen molar-refractivity contribution in [2.75, 3.05) is 29.9 Å². The molecule has 9 nitrogen and oxygen atoms in total. The van der Waals surface area contributed by atoms with Crippen molar-refractivity contribution < 1.29 is 23.0 Å². The van der Waals surface area contributed by atoms with Crippen LogP contribution in [0.4, 0.5) is 30.9 Å². The third kappa shape index (κ3) is 4.89. The van der Waals surface area contributed by atoms with Crippen molar-refractivity contribution in [3.8, 4) is 5.75 Å². The van der Waals surface area contributed by atoms with Gasteiger partial charge in [0.2, 0.25) is 0 Å². The normalized spacial score (nSPS) is 20.8. The number of pyridine rings is 1. The van der Waals surface area contributed by atoms with Crippen molar-refractivity contribution in [2.45, 2.75) is 57.7 Å². The van der Waals surface area contributed by atoms with Crippen molar-refractivity contribution in [3.63, 3.8) is 0 Å². The van der Waals surface area contributed by atoms with E-state index >= 15 is 0 Å². The van der Waals surface area contributed by atoms with Crippen LogP contribution in [0.5, 0.6) is 5.75 Å². The van der Waals surface area contributed by atoms with E-state index in [9.17, 15) is 13.6 Å². The second-order valence-electron chi connectivity index (χ2n) is 11.2. The second-order valence-corrected chi connectivity index (χ2v) is 11.2. The van der Waals surface area contributed by atoms with Crippen LogP contribution in [0.1, 0.15) is 40.0 Å². The van der Waals surface area contributed by atoms with Crippen molar-refractivity contribution in [3.05, 3.63) is 42.2 Å². The van der Waals surface area contributed by atoms with Crippen molar-refractivity contribution in [1.29, 1.82) is 0 Å². The number of piperazine rings is 1. The number of anilines is 3. The Hall–Kier alpha value is -3.76. The summed E-state index contributed by atoms with van der Waals surface area (Å²) in [7, 11) is 0. The standard InChI is InChI=1S/C27H30F2N6O3/c1-27(2,3)38-26(36)35-12-16-8-17(35)11-34(16)23-7-6-20-24(33-23)25(31-14-30-20)32-21-9-19(29)22(10-18(21)28)37-13-15-4-5-15/h6-7,9-10,14-17H,4-5,8,11-13H2,1-3H3,(H,30,31,32)/t16-,17-/m0/s1. The lowest BCUT2D eigenvalue weighted by Gasteiger charge is -2.35. The first-order valence-electron chi connectivity index (χ1n) is 12.9. The van der Waals surface area contributed by atoms with Crippen LogP contribution in [-0.4, -0.2) is 63.3 Å². The zero-order valence-corrected chi connectivity index (χ0v) is 21.6. The summed E-state index contributed by atoms with van der Waals surface area (Å²) < 4.78 is 40.5. The van der Waals surface area contributed by atoms with Gasteiger partial charge in [0.1, 0.15) is 23.3 Å². The number of benzene rings is 1. The third-order valence-corrected chi connectivity index (χ3v) is 7.08. The number of nitrogens with one attached hydrogen (secondary N) is 1. The highest BCUT2D eigenvalue weighted by molar-refractivity contribution is 5.88. The maximum absolute atomic E-state index is 14.9. The molecule has 4 heterocycles. The van der Waals surface area contributed by atoms with E-state index in [1.807, 2.05) is 32.9 Å². The molecule has 1 N–H and O–H groups in total. The number of aromatic nitrogens is 3. The van der Waals surface area contributed by atoms with Crippen molar-refractivity contribution >= 4 is 34.4 Å². The topological polar surface area (TPSA) is 92.7 Å². The monoisotopic (exact) mass is 524 g/mol. The highest BCUT2D eigenvalue weighted by atomic mass is 19.1. The van der Waals surface area contributed by atoms with E-state index in [0.717, 1.165) is 31.4 Å².